The molecule has 0 saturated carbocycles. The summed E-state index contributed by atoms with van der Waals surface area (Å²) < 4.78 is 28.0. The second-order valence-corrected chi connectivity index (χ2v) is 7.69. The number of aromatic nitrogens is 3. The summed E-state index contributed by atoms with van der Waals surface area (Å²) in [6, 6.07) is 12.7. The van der Waals surface area contributed by atoms with E-state index < -0.39 is 15.9 Å². The van der Waals surface area contributed by atoms with E-state index in [4.69, 9.17) is 23.2 Å². The van der Waals surface area contributed by atoms with Crippen molar-refractivity contribution in [2.75, 3.05) is 0 Å². The molecule has 0 aliphatic heterocycles. The van der Waals surface area contributed by atoms with Gasteiger partial charge in [-0.2, -0.15) is 0 Å². The minimum absolute atomic E-state index is 0.00136. The zero-order valence-electron chi connectivity index (χ0n) is 13.3. The van der Waals surface area contributed by atoms with Gasteiger partial charge in [0, 0.05) is 12.6 Å². The van der Waals surface area contributed by atoms with Crippen molar-refractivity contribution in [2.24, 2.45) is 7.05 Å². The Labute approximate surface area is 159 Å². The van der Waals surface area contributed by atoms with Crippen molar-refractivity contribution >= 4 is 39.1 Å². The minimum atomic E-state index is -4.16. The van der Waals surface area contributed by atoms with Crippen molar-refractivity contribution in [3.05, 3.63) is 64.4 Å². The molecule has 0 fully saturated rings. The number of sulfonamides is 1. The van der Waals surface area contributed by atoms with Crippen LogP contribution >= 0.6 is 23.2 Å². The molecule has 0 bridgehead atoms. The third-order valence-corrected chi connectivity index (χ3v) is 5.59. The fraction of sp³-hybridized carbons (Fsp3) is 0.0625. The molecule has 2 aromatic carbocycles. The zero-order valence-corrected chi connectivity index (χ0v) is 15.7. The van der Waals surface area contributed by atoms with Crippen molar-refractivity contribution in [1.82, 2.24) is 19.5 Å². The molecule has 26 heavy (non-hydrogen) atoms. The highest BCUT2D eigenvalue weighted by atomic mass is 35.5. The number of rotatable bonds is 4. The summed E-state index contributed by atoms with van der Waals surface area (Å²) >= 11 is 12.0. The molecule has 1 aromatic heterocycles. The van der Waals surface area contributed by atoms with Crippen LogP contribution in [0.1, 0.15) is 10.6 Å². The number of hydrogen-bond acceptors (Lipinski definition) is 5. The van der Waals surface area contributed by atoms with Crippen molar-refractivity contribution in [2.45, 2.75) is 4.90 Å². The summed E-state index contributed by atoms with van der Waals surface area (Å²) in [5, 5.41) is 4.39. The third kappa shape index (κ3) is 3.57. The minimum Gasteiger partial charge on any atom is -0.264 e. The van der Waals surface area contributed by atoms with Crippen LogP contribution in [0, 0.1) is 0 Å². The Bertz CT molecular complexity index is 1100. The number of amides is 1. The molecule has 3 aromatic rings. The Morgan fingerprint density at radius 3 is 2.31 bits per heavy atom. The van der Waals surface area contributed by atoms with E-state index >= 15 is 0 Å². The van der Waals surface area contributed by atoms with Gasteiger partial charge in [0.1, 0.15) is 4.90 Å². The predicted octanol–water partition coefficient (Wildman–Crippen LogP) is 2.91. The summed E-state index contributed by atoms with van der Waals surface area (Å²) in [6.45, 7) is 0. The normalized spacial score (nSPS) is 11.3. The van der Waals surface area contributed by atoms with Crippen molar-refractivity contribution in [3.63, 3.8) is 0 Å². The molecular formula is C16H12Cl2N4O3S. The monoisotopic (exact) mass is 410 g/mol. The number of nitrogens with one attached hydrogen (secondary N) is 1. The molecular weight excluding hydrogens is 399 g/mol. The maximum Gasteiger partial charge on any atom is 0.304 e. The Morgan fingerprint density at radius 1 is 1.04 bits per heavy atom. The van der Waals surface area contributed by atoms with Gasteiger partial charge in [0.2, 0.25) is 5.82 Å². The summed E-state index contributed by atoms with van der Waals surface area (Å²) in [7, 11) is -2.59. The number of aryl methyl sites for hydroxylation is 1. The van der Waals surface area contributed by atoms with Gasteiger partial charge in [0.05, 0.1) is 10.0 Å². The quantitative estimate of drug-likeness (QED) is 0.713. The van der Waals surface area contributed by atoms with Crippen LogP contribution in [0.25, 0.3) is 11.4 Å². The van der Waals surface area contributed by atoms with Gasteiger partial charge in [-0.25, -0.2) is 22.8 Å². The lowest BCUT2D eigenvalue weighted by atomic mass is 10.2. The Balaban J connectivity index is 1.91. The van der Waals surface area contributed by atoms with Crippen molar-refractivity contribution < 1.29 is 13.2 Å². The molecule has 0 unspecified atom stereocenters. The molecule has 0 atom stereocenters. The zero-order chi connectivity index (χ0) is 18.9. The first-order chi connectivity index (χ1) is 12.3. The lowest BCUT2D eigenvalue weighted by Gasteiger charge is -2.06. The van der Waals surface area contributed by atoms with E-state index in [-0.39, 0.29) is 15.7 Å². The molecule has 0 saturated heterocycles. The average molecular weight is 411 g/mol. The van der Waals surface area contributed by atoms with Crippen LogP contribution in [0.5, 0.6) is 0 Å². The van der Waals surface area contributed by atoms with Gasteiger partial charge in [-0.1, -0.05) is 47.5 Å². The van der Waals surface area contributed by atoms with Gasteiger partial charge in [-0.3, -0.25) is 4.79 Å². The van der Waals surface area contributed by atoms with Gasteiger partial charge in [-0.05, 0) is 24.3 Å². The van der Waals surface area contributed by atoms with Crippen LogP contribution < -0.4 is 4.72 Å². The number of halogens is 2. The first-order valence-electron chi connectivity index (χ1n) is 7.27. The van der Waals surface area contributed by atoms with Crippen LogP contribution in [-0.4, -0.2) is 29.1 Å². The predicted molar refractivity (Wildman–Crippen MR) is 97.6 cm³/mol. The smallest absolute Gasteiger partial charge is 0.264 e. The van der Waals surface area contributed by atoms with E-state index in [9.17, 15) is 13.2 Å². The first kappa shape index (κ1) is 18.4. The molecule has 0 radical (unpaired) electrons. The number of nitrogens with zero attached hydrogens (tertiary/aromatic N) is 3. The molecule has 10 heteroatoms. The van der Waals surface area contributed by atoms with E-state index in [1.54, 1.807) is 37.4 Å². The summed E-state index contributed by atoms with van der Waals surface area (Å²) in [5.41, 5.74) is 0.567. The summed E-state index contributed by atoms with van der Waals surface area (Å²) in [5.74, 6) is -0.951. The Morgan fingerprint density at radius 2 is 1.65 bits per heavy atom. The lowest BCUT2D eigenvalue weighted by molar-refractivity contribution is 0.0971. The maximum atomic E-state index is 12.4. The van der Waals surface area contributed by atoms with Gasteiger partial charge in [-0.15, -0.1) is 5.10 Å². The number of hydrogen-bond donors (Lipinski definition) is 1. The molecule has 1 N–H and O–H groups in total. The molecule has 0 spiro atoms. The molecule has 3 rings (SSSR count). The standard InChI is InChI=1S/C16H12Cl2N4O3S/c1-22-15(10-6-2-3-7-11(10)17)19-14(20-22)16(23)21-26(24,25)13-9-5-4-8-12(13)18/h2-9H,1H3,(H,21,23). The van der Waals surface area contributed by atoms with E-state index in [1.807, 2.05) is 4.72 Å². The highest BCUT2D eigenvalue weighted by Gasteiger charge is 2.24. The lowest BCUT2D eigenvalue weighted by Crippen LogP contribution is -2.31. The number of benzene rings is 2. The van der Waals surface area contributed by atoms with E-state index in [0.717, 1.165) is 0 Å². The Kier molecular flexibility index (Phi) is 4.99. The van der Waals surface area contributed by atoms with Crippen LogP contribution in [0.2, 0.25) is 10.0 Å². The van der Waals surface area contributed by atoms with E-state index in [0.29, 0.717) is 16.4 Å². The van der Waals surface area contributed by atoms with Gasteiger partial charge in [0.25, 0.3) is 10.0 Å². The second kappa shape index (κ2) is 7.06. The molecule has 1 heterocycles. The highest BCUT2D eigenvalue weighted by molar-refractivity contribution is 7.90. The SMILES string of the molecule is Cn1nc(C(=O)NS(=O)(=O)c2ccccc2Cl)nc1-c1ccccc1Cl. The number of carbonyl (C=O) groups is 1. The van der Waals surface area contributed by atoms with Gasteiger partial charge in [0.15, 0.2) is 5.82 Å². The second-order valence-electron chi connectivity index (χ2n) is 5.23. The van der Waals surface area contributed by atoms with Crippen molar-refractivity contribution in [1.29, 1.82) is 0 Å². The Hall–Kier alpha value is -2.42. The fourth-order valence-corrected chi connectivity index (χ4v) is 3.93. The molecule has 134 valence electrons. The summed E-state index contributed by atoms with van der Waals surface area (Å²) in [6.07, 6.45) is 0. The third-order valence-electron chi connectivity index (χ3n) is 3.43. The highest BCUT2D eigenvalue weighted by Crippen LogP contribution is 2.26. The van der Waals surface area contributed by atoms with E-state index in [2.05, 4.69) is 10.1 Å². The maximum absolute atomic E-state index is 12.4. The fourth-order valence-electron chi connectivity index (χ4n) is 2.24. The first-order valence-corrected chi connectivity index (χ1v) is 9.51. The molecule has 0 aliphatic rings. The van der Waals surface area contributed by atoms with Gasteiger partial charge >= 0.3 is 5.91 Å². The number of carbonyl (C=O) groups excluding carboxylic acids is 1. The molecule has 1 amide bonds. The molecule has 0 aliphatic carbocycles. The molecule has 7 nitrogen and oxygen atoms in total. The topological polar surface area (TPSA) is 94.0 Å². The van der Waals surface area contributed by atoms with Crippen molar-refractivity contribution in [3.8, 4) is 11.4 Å². The summed E-state index contributed by atoms with van der Waals surface area (Å²) in [4.78, 5) is 16.2. The van der Waals surface area contributed by atoms with Crippen LogP contribution in [0.15, 0.2) is 53.4 Å². The van der Waals surface area contributed by atoms with E-state index in [1.165, 1.54) is 22.9 Å². The van der Waals surface area contributed by atoms with Gasteiger partial charge < -0.3 is 0 Å². The van der Waals surface area contributed by atoms with Crippen LogP contribution in [0.4, 0.5) is 0 Å². The van der Waals surface area contributed by atoms with Crippen LogP contribution in [0.3, 0.4) is 0 Å². The van der Waals surface area contributed by atoms with Crippen LogP contribution in [-0.2, 0) is 17.1 Å². The average Bonchev–Trinajstić information content (AvgIpc) is 2.97. The largest absolute Gasteiger partial charge is 0.304 e.